The standard InChI is InChI=1S/C10H18N4/c1-14(7-9-5-12-8-13-9)10-3-2-4-11-6-10/h5,8,10-11H,2-4,6-7H2,1H3,(H,12,13). The maximum Gasteiger partial charge on any atom is 0.0922 e. The number of aromatic nitrogens is 2. The zero-order chi connectivity index (χ0) is 9.80. The van der Waals surface area contributed by atoms with E-state index in [1.54, 1.807) is 6.33 Å². The van der Waals surface area contributed by atoms with E-state index in [1.165, 1.54) is 25.1 Å². The second-order valence-corrected chi connectivity index (χ2v) is 3.99. The third kappa shape index (κ3) is 2.33. The number of hydrogen-bond donors (Lipinski definition) is 2. The van der Waals surface area contributed by atoms with Crippen LogP contribution in [0.5, 0.6) is 0 Å². The van der Waals surface area contributed by atoms with Gasteiger partial charge in [0.15, 0.2) is 0 Å². The van der Waals surface area contributed by atoms with Crippen LogP contribution in [-0.2, 0) is 6.54 Å². The molecule has 2 N–H and O–H groups in total. The molecule has 14 heavy (non-hydrogen) atoms. The minimum absolute atomic E-state index is 0.673. The Morgan fingerprint density at radius 1 is 1.64 bits per heavy atom. The Kier molecular flexibility index (Phi) is 3.16. The van der Waals surface area contributed by atoms with E-state index in [9.17, 15) is 0 Å². The maximum atomic E-state index is 4.02. The van der Waals surface area contributed by atoms with Gasteiger partial charge in [0.2, 0.25) is 0 Å². The van der Waals surface area contributed by atoms with Crippen LogP contribution < -0.4 is 5.32 Å². The van der Waals surface area contributed by atoms with E-state index < -0.39 is 0 Å². The summed E-state index contributed by atoms with van der Waals surface area (Å²) in [5.74, 6) is 0. The first-order valence-electron chi connectivity index (χ1n) is 5.24. The molecule has 0 aliphatic carbocycles. The fourth-order valence-electron chi connectivity index (χ4n) is 1.98. The summed E-state index contributed by atoms with van der Waals surface area (Å²) in [6.45, 7) is 3.26. The van der Waals surface area contributed by atoms with Crippen molar-refractivity contribution in [3.05, 3.63) is 18.2 Å². The van der Waals surface area contributed by atoms with Crippen LogP contribution in [0.3, 0.4) is 0 Å². The number of aromatic amines is 1. The Labute approximate surface area is 84.7 Å². The van der Waals surface area contributed by atoms with Gasteiger partial charge in [-0.1, -0.05) is 0 Å². The van der Waals surface area contributed by atoms with Gasteiger partial charge in [-0.25, -0.2) is 4.98 Å². The fraction of sp³-hybridized carbons (Fsp3) is 0.700. The van der Waals surface area contributed by atoms with Crippen molar-refractivity contribution in [3.8, 4) is 0 Å². The third-order valence-corrected chi connectivity index (χ3v) is 2.87. The number of rotatable bonds is 3. The van der Waals surface area contributed by atoms with E-state index in [-0.39, 0.29) is 0 Å². The van der Waals surface area contributed by atoms with Crippen molar-refractivity contribution in [1.29, 1.82) is 0 Å². The van der Waals surface area contributed by atoms with Crippen LogP contribution >= 0.6 is 0 Å². The van der Waals surface area contributed by atoms with Crippen LogP contribution in [0.2, 0.25) is 0 Å². The number of nitrogens with zero attached hydrogens (tertiary/aromatic N) is 2. The van der Waals surface area contributed by atoms with E-state index in [0.29, 0.717) is 6.04 Å². The topological polar surface area (TPSA) is 44.0 Å². The first-order chi connectivity index (χ1) is 6.86. The lowest BCUT2D eigenvalue weighted by Gasteiger charge is -2.31. The lowest BCUT2D eigenvalue weighted by molar-refractivity contribution is 0.194. The molecule has 4 nitrogen and oxygen atoms in total. The molecule has 0 bridgehead atoms. The van der Waals surface area contributed by atoms with Crippen LogP contribution in [-0.4, -0.2) is 41.0 Å². The maximum absolute atomic E-state index is 4.02. The van der Waals surface area contributed by atoms with Gasteiger partial charge in [-0.15, -0.1) is 0 Å². The first-order valence-corrected chi connectivity index (χ1v) is 5.24. The molecule has 4 heteroatoms. The summed E-state index contributed by atoms with van der Waals surface area (Å²) in [4.78, 5) is 9.55. The summed E-state index contributed by atoms with van der Waals surface area (Å²) >= 11 is 0. The highest BCUT2D eigenvalue weighted by Crippen LogP contribution is 2.10. The van der Waals surface area contributed by atoms with Crippen molar-refractivity contribution in [1.82, 2.24) is 20.2 Å². The summed E-state index contributed by atoms with van der Waals surface area (Å²) in [7, 11) is 2.18. The van der Waals surface area contributed by atoms with Crippen LogP contribution in [0.4, 0.5) is 0 Å². The zero-order valence-corrected chi connectivity index (χ0v) is 8.66. The molecular weight excluding hydrogens is 176 g/mol. The molecular formula is C10H18N4. The Morgan fingerprint density at radius 3 is 3.21 bits per heavy atom. The van der Waals surface area contributed by atoms with Crippen LogP contribution in [0.15, 0.2) is 12.5 Å². The summed E-state index contributed by atoms with van der Waals surface area (Å²) in [5.41, 5.74) is 1.19. The Bertz CT molecular complexity index is 251. The van der Waals surface area contributed by atoms with Gasteiger partial charge in [0, 0.05) is 31.0 Å². The van der Waals surface area contributed by atoms with Crippen molar-refractivity contribution in [2.75, 3.05) is 20.1 Å². The van der Waals surface area contributed by atoms with Gasteiger partial charge in [-0.2, -0.15) is 0 Å². The predicted molar refractivity (Wildman–Crippen MR) is 55.9 cm³/mol. The van der Waals surface area contributed by atoms with Gasteiger partial charge >= 0.3 is 0 Å². The quantitative estimate of drug-likeness (QED) is 0.740. The van der Waals surface area contributed by atoms with E-state index in [0.717, 1.165) is 13.1 Å². The minimum Gasteiger partial charge on any atom is -0.347 e. The minimum atomic E-state index is 0.673. The molecule has 1 aromatic rings. The summed E-state index contributed by atoms with van der Waals surface area (Å²) < 4.78 is 0. The van der Waals surface area contributed by atoms with Gasteiger partial charge in [0.05, 0.1) is 6.33 Å². The molecule has 1 saturated heterocycles. The smallest absolute Gasteiger partial charge is 0.0922 e. The third-order valence-electron chi connectivity index (χ3n) is 2.87. The molecule has 0 saturated carbocycles. The van der Waals surface area contributed by atoms with Gasteiger partial charge in [0.1, 0.15) is 0 Å². The number of imidazole rings is 1. The summed E-state index contributed by atoms with van der Waals surface area (Å²) in [6.07, 6.45) is 6.23. The Hall–Kier alpha value is -0.870. The highest BCUT2D eigenvalue weighted by atomic mass is 15.2. The molecule has 0 amide bonds. The SMILES string of the molecule is CN(Cc1cnc[nH]1)C1CCCNC1. The number of likely N-dealkylation sites (N-methyl/N-ethyl adjacent to an activating group) is 1. The first kappa shape index (κ1) is 9.68. The summed E-state index contributed by atoms with van der Waals surface area (Å²) in [5, 5.41) is 3.43. The molecule has 1 fully saturated rings. The van der Waals surface area contributed by atoms with Crippen molar-refractivity contribution in [2.45, 2.75) is 25.4 Å². The molecule has 1 unspecified atom stereocenters. The van der Waals surface area contributed by atoms with Crippen molar-refractivity contribution in [3.63, 3.8) is 0 Å². The Balaban J connectivity index is 1.85. The average Bonchev–Trinajstić information content (AvgIpc) is 2.72. The van der Waals surface area contributed by atoms with E-state index in [1.807, 2.05) is 6.20 Å². The highest BCUT2D eigenvalue weighted by Gasteiger charge is 2.17. The average molecular weight is 194 g/mol. The molecule has 1 aliphatic rings. The predicted octanol–water partition coefficient (Wildman–Crippen LogP) is 0.593. The van der Waals surface area contributed by atoms with Crippen molar-refractivity contribution < 1.29 is 0 Å². The normalized spacial score (nSPS) is 22.9. The number of H-pyrrole nitrogens is 1. The molecule has 1 aliphatic heterocycles. The molecule has 1 aromatic heterocycles. The number of nitrogens with one attached hydrogen (secondary N) is 2. The number of hydrogen-bond acceptors (Lipinski definition) is 3. The van der Waals surface area contributed by atoms with Crippen molar-refractivity contribution in [2.24, 2.45) is 0 Å². The second kappa shape index (κ2) is 4.57. The van der Waals surface area contributed by atoms with Gasteiger partial charge in [-0.3, -0.25) is 4.90 Å². The second-order valence-electron chi connectivity index (χ2n) is 3.99. The molecule has 78 valence electrons. The van der Waals surface area contributed by atoms with E-state index in [4.69, 9.17) is 0 Å². The molecule has 0 aromatic carbocycles. The summed E-state index contributed by atoms with van der Waals surface area (Å²) in [6, 6.07) is 0.673. The fourth-order valence-corrected chi connectivity index (χ4v) is 1.98. The van der Waals surface area contributed by atoms with Gasteiger partial charge in [-0.05, 0) is 26.4 Å². The van der Waals surface area contributed by atoms with E-state index in [2.05, 4.69) is 27.2 Å². The van der Waals surface area contributed by atoms with Crippen LogP contribution in [0.1, 0.15) is 18.5 Å². The van der Waals surface area contributed by atoms with Crippen molar-refractivity contribution >= 4 is 0 Å². The zero-order valence-electron chi connectivity index (χ0n) is 8.66. The monoisotopic (exact) mass is 194 g/mol. The van der Waals surface area contributed by atoms with Gasteiger partial charge < -0.3 is 10.3 Å². The lowest BCUT2D eigenvalue weighted by atomic mass is 10.1. The largest absolute Gasteiger partial charge is 0.347 e. The lowest BCUT2D eigenvalue weighted by Crippen LogP contribution is -2.43. The molecule has 1 atom stereocenters. The highest BCUT2D eigenvalue weighted by molar-refractivity contribution is 4.94. The molecule has 0 spiro atoms. The number of piperidine rings is 1. The molecule has 2 heterocycles. The van der Waals surface area contributed by atoms with E-state index >= 15 is 0 Å². The molecule has 2 rings (SSSR count). The van der Waals surface area contributed by atoms with Gasteiger partial charge in [0.25, 0.3) is 0 Å². The van der Waals surface area contributed by atoms with Crippen LogP contribution in [0.25, 0.3) is 0 Å². The molecule has 0 radical (unpaired) electrons. The van der Waals surface area contributed by atoms with Crippen LogP contribution in [0, 0.1) is 0 Å². The Morgan fingerprint density at radius 2 is 2.57 bits per heavy atom.